The number of piperazine rings is 1. The summed E-state index contributed by atoms with van der Waals surface area (Å²) in [6, 6.07) is 0.173. The van der Waals surface area contributed by atoms with Gasteiger partial charge >= 0.3 is 0 Å². The summed E-state index contributed by atoms with van der Waals surface area (Å²) in [4.78, 5) is 24.6. The van der Waals surface area contributed by atoms with Gasteiger partial charge in [0.1, 0.15) is 5.82 Å². The van der Waals surface area contributed by atoms with Crippen LogP contribution in [0.15, 0.2) is 12.4 Å². The molecule has 0 spiro atoms. The van der Waals surface area contributed by atoms with E-state index in [1.54, 1.807) is 6.20 Å². The number of likely N-dealkylation sites (N-methyl/N-ethyl adjacent to an activating group) is 1. The predicted octanol–water partition coefficient (Wildman–Crippen LogP) is 1.04. The third-order valence-electron chi connectivity index (χ3n) is 4.55. The molecule has 21 heavy (non-hydrogen) atoms. The van der Waals surface area contributed by atoms with Crippen LogP contribution < -0.4 is 0 Å². The van der Waals surface area contributed by atoms with Crippen LogP contribution in [0.5, 0.6) is 0 Å². The largest absolute Gasteiger partial charge is 0.381 e. The number of hydrogen-bond acceptors (Lipinski definition) is 4. The van der Waals surface area contributed by atoms with E-state index in [0.717, 1.165) is 51.5 Å². The number of ether oxygens (including phenoxy) is 1. The van der Waals surface area contributed by atoms with Gasteiger partial charge in [0.15, 0.2) is 0 Å². The monoisotopic (exact) mass is 292 g/mol. The van der Waals surface area contributed by atoms with Crippen molar-refractivity contribution >= 4 is 5.91 Å². The summed E-state index contributed by atoms with van der Waals surface area (Å²) in [5, 5.41) is 0. The minimum atomic E-state index is 0.0455. The summed E-state index contributed by atoms with van der Waals surface area (Å²) in [6.45, 7) is 6.93. The molecular formula is C15H24N4O2. The molecule has 3 heterocycles. The van der Waals surface area contributed by atoms with E-state index in [2.05, 4.69) is 21.8 Å². The summed E-state index contributed by atoms with van der Waals surface area (Å²) in [7, 11) is 0. The first kappa shape index (κ1) is 14.5. The maximum atomic E-state index is 12.7. The molecule has 1 aromatic rings. The zero-order valence-electron chi connectivity index (χ0n) is 12.6. The minimum absolute atomic E-state index is 0.0455. The van der Waals surface area contributed by atoms with Gasteiger partial charge in [0.25, 0.3) is 0 Å². The van der Waals surface area contributed by atoms with Crippen LogP contribution in [0.3, 0.4) is 0 Å². The normalized spacial score (nSPS) is 27.8. The molecule has 2 fully saturated rings. The number of H-pyrrole nitrogens is 1. The van der Waals surface area contributed by atoms with E-state index in [1.807, 2.05) is 11.1 Å². The fourth-order valence-corrected chi connectivity index (χ4v) is 3.31. The molecule has 2 aliphatic heterocycles. The lowest BCUT2D eigenvalue weighted by molar-refractivity contribution is -0.142. The standard InChI is InChI=1S/C15H24N4O2/c1-2-18-7-8-19(10-13(18)14-16-5-6-17-14)15(20)12-4-3-9-21-11-12/h5-6,12-13H,2-4,7-11H2,1H3,(H,16,17)/t12-,13+/m0/s1. The Bertz CT molecular complexity index is 456. The van der Waals surface area contributed by atoms with Crippen LogP contribution in [0, 0.1) is 5.92 Å². The molecular weight excluding hydrogens is 268 g/mol. The van der Waals surface area contributed by atoms with E-state index in [0.29, 0.717) is 6.61 Å². The summed E-state index contributed by atoms with van der Waals surface area (Å²) < 4.78 is 5.46. The van der Waals surface area contributed by atoms with Gasteiger partial charge in [-0.3, -0.25) is 9.69 Å². The molecule has 0 aliphatic carbocycles. The van der Waals surface area contributed by atoms with E-state index in [4.69, 9.17) is 4.74 Å². The van der Waals surface area contributed by atoms with Crippen molar-refractivity contribution < 1.29 is 9.53 Å². The summed E-state index contributed by atoms with van der Waals surface area (Å²) >= 11 is 0. The summed E-state index contributed by atoms with van der Waals surface area (Å²) in [6.07, 6.45) is 5.57. The summed E-state index contributed by atoms with van der Waals surface area (Å²) in [5.74, 6) is 1.25. The highest BCUT2D eigenvalue weighted by Gasteiger charge is 2.34. The zero-order valence-corrected chi connectivity index (χ0v) is 12.6. The quantitative estimate of drug-likeness (QED) is 0.904. The molecule has 0 aromatic carbocycles. The molecule has 0 saturated carbocycles. The van der Waals surface area contributed by atoms with Crippen molar-refractivity contribution in [1.29, 1.82) is 0 Å². The summed E-state index contributed by atoms with van der Waals surface area (Å²) in [5.41, 5.74) is 0. The predicted molar refractivity (Wildman–Crippen MR) is 78.7 cm³/mol. The zero-order chi connectivity index (χ0) is 14.7. The lowest BCUT2D eigenvalue weighted by Gasteiger charge is -2.41. The van der Waals surface area contributed by atoms with Gasteiger partial charge in [-0.1, -0.05) is 6.92 Å². The Hall–Kier alpha value is -1.40. The third-order valence-corrected chi connectivity index (χ3v) is 4.55. The Kier molecular flexibility index (Phi) is 4.55. The molecule has 1 amide bonds. The third kappa shape index (κ3) is 3.11. The van der Waals surface area contributed by atoms with Crippen molar-refractivity contribution in [3.05, 3.63) is 18.2 Å². The molecule has 0 unspecified atom stereocenters. The van der Waals surface area contributed by atoms with Gasteiger partial charge in [-0.15, -0.1) is 0 Å². The minimum Gasteiger partial charge on any atom is -0.381 e. The Balaban J connectivity index is 1.68. The second-order valence-corrected chi connectivity index (χ2v) is 5.82. The molecule has 2 atom stereocenters. The van der Waals surface area contributed by atoms with Gasteiger partial charge in [-0.05, 0) is 19.4 Å². The number of hydrogen-bond donors (Lipinski definition) is 1. The SMILES string of the molecule is CCN1CCN(C(=O)[C@H]2CCCOC2)C[C@@H]1c1ncc[nH]1. The highest BCUT2D eigenvalue weighted by atomic mass is 16.5. The van der Waals surface area contributed by atoms with Crippen molar-refractivity contribution in [2.24, 2.45) is 5.92 Å². The Morgan fingerprint density at radius 1 is 1.52 bits per heavy atom. The van der Waals surface area contributed by atoms with Gasteiger partial charge in [-0.2, -0.15) is 0 Å². The molecule has 6 heteroatoms. The lowest BCUT2D eigenvalue weighted by atomic mass is 9.99. The van der Waals surface area contributed by atoms with Crippen LogP contribution >= 0.6 is 0 Å². The molecule has 116 valence electrons. The van der Waals surface area contributed by atoms with E-state index in [-0.39, 0.29) is 17.9 Å². The number of carbonyl (C=O) groups is 1. The van der Waals surface area contributed by atoms with E-state index < -0.39 is 0 Å². The first-order chi connectivity index (χ1) is 10.3. The highest BCUT2D eigenvalue weighted by molar-refractivity contribution is 5.79. The number of rotatable bonds is 3. The first-order valence-electron chi connectivity index (χ1n) is 7.89. The van der Waals surface area contributed by atoms with Gasteiger partial charge in [0, 0.05) is 38.6 Å². The number of carbonyl (C=O) groups excluding carboxylic acids is 1. The number of nitrogens with one attached hydrogen (secondary N) is 1. The molecule has 0 radical (unpaired) electrons. The molecule has 1 aromatic heterocycles. The Morgan fingerprint density at radius 3 is 3.10 bits per heavy atom. The number of imidazole rings is 1. The molecule has 2 saturated heterocycles. The van der Waals surface area contributed by atoms with E-state index >= 15 is 0 Å². The van der Waals surface area contributed by atoms with Crippen LogP contribution in [-0.4, -0.2) is 65.1 Å². The average molecular weight is 292 g/mol. The van der Waals surface area contributed by atoms with Gasteiger partial charge in [0.05, 0.1) is 18.6 Å². The molecule has 6 nitrogen and oxygen atoms in total. The van der Waals surface area contributed by atoms with Crippen LogP contribution in [0.4, 0.5) is 0 Å². The second-order valence-electron chi connectivity index (χ2n) is 5.82. The topological polar surface area (TPSA) is 61.5 Å². The van der Waals surface area contributed by atoms with Gasteiger partial charge < -0.3 is 14.6 Å². The van der Waals surface area contributed by atoms with Gasteiger partial charge in [-0.25, -0.2) is 4.98 Å². The maximum Gasteiger partial charge on any atom is 0.228 e. The van der Waals surface area contributed by atoms with Crippen LogP contribution in [0.25, 0.3) is 0 Å². The van der Waals surface area contributed by atoms with Crippen molar-refractivity contribution in [2.75, 3.05) is 39.4 Å². The van der Waals surface area contributed by atoms with Crippen molar-refractivity contribution in [3.63, 3.8) is 0 Å². The fourth-order valence-electron chi connectivity index (χ4n) is 3.31. The maximum absolute atomic E-state index is 12.7. The number of aromatic nitrogens is 2. The van der Waals surface area contributed by atoms with Crippen molar-refractivity contribution in [2.45, 2.75) is 25.8 Å². The highest BCUT2D eigenvalue weighted by Crippen LogP contribution is 2.25. The molecule has 3 rings (SSSR count). The van der Waals surface area contributed by atoms with E-state index in [9.17, 15) is 4.79 Å². The molecule has 2 aliphatic rings. The fraction of sp³-hybridized carbons (Fsp3) is 0.733. The van der Waals surface area contributed by atoms with Crippen molar-refractivity contribution in [3.8, 4) is 0 Å². The Labute approximate surface area is 125 Å². The van der Waals surface area contributed by atoms with Crippen LogP contribution in [-0.2, 0) is 9.53 Å². The van der Waals surface area contributed by atoms with Gasteiger partial charge in [0.2, 0.25) is 5.91 Å². The first-order valence-corrected chi connectivity index (χ1v) is 7.89. The Morgan fingerprint density at radius 2 is 2.43 bits per heavy atom. The van der Waals surface area contributed by atoms with Crippen molar-refractivity contribution in [1.82, 2.24) is 19.8 Å². The average Bonchev–Trinajstić information content (AvgIpc) is 3.08. The van der Waals surface area contributed by atoms with Crippen LogP contribution in [0.2, 0.25) is 0 Å². The van der Waals surface area contributed by atoms with E-state index in [1.165, 1.54) is 0 Å². The van der Waals surface area contributed by atoms with Crippen LogP contribution in [0.1, 0.15) is 31.6 Å². The second kappa shape index (κ2) is 6.58. The molecule has 1 N–H and O–H groups in total. The number of aromatic amines is 1. The number of nitrogens with zero attached hydrogens (tertiary/aromatic N) is 3. The smallest absolute Gasteiger partial charge is 0.228 e. The number of amides is 1. The lowest BCUT2D eigenvalue weighted by Crippen LogP contribution is -2.52. The molecule has 0 bridgehead atoms.